The molecule has 2 unspecified atom stereocenters. The van der Waals surface area contributed by atoms with Gasteiger partial charge >= 0.3 is 0 Å². The maximum Gasteiger partial charge on any atom is 0.123 e. The third-order valence-electron chi connectivity index (χ3n) is 8.89. The zero-order chi connectivity index (χ0) is 28.5. The van der Waals surface area contributed by atoms with E-state index in [0.29, 0.717) is 0 Å². The molecule has 2 atom stereocenters. The predicted molar refractivity (Wildman–Crippen MR) is 174 cm³/mol. The molecule has 0 saturated heterocycles. The second-order valence-corrected chi connectivity index (χ2v) is 12.8. The molecular formula is C37H72O2. The Bertz CT molecular complexity index is 432. The molecule has 0 N–H and O–H groups in total. The van der Waals surface area contributed by atoms with E-state index in [1.54, 1.807) is 0 Å². The van der Waals surface area contributed by atoms with Crippen molar-refractivity contribution in [2.24, 2.45) is 11.8 Å². The lowest BCUT2D eigenvalue weighted by atomic mass is 9.91. The SMILES string of the molecule is CCCCCCCCCCCCCCCC(C=O)CCCC(C=O)CCCCCCCCCCCCCCC. The fraction of sp³-hybridized carbons (Fsp3) is 0.946. The van der Waals surface area contributed by atoms with Crippen LogP contribution < -0.4 is 0 Å². The van der Waals surface area contributed by atoms with Crippen LogP contribution in [0, 0.1) is 11.8 Å². The van der Waals surface area contributed by atoms with Gasteiger partial charge in [-0.3, -0.25) is 0 Å². The number of aldehydes is 2. The summed E-state index contributed by atoms with van der Waals surface area (Å²) >= 11 is 0. The van der Waals surface area contributed by atoms with Crippen LogP contribution in [-0.4, -0.2) is 12.6 Å². The summed E-state index contributed by atoms with van der Waals surface area (Å²) in [6, 6.07) is 0. The Hall–Kier alpha value is -0.660. The highest BCUT2D eigenvalue weighted by Gasteiger charge is 2.11. The zero-order valence-electron chi connectivity index (χ0n) is 27.0. The first-order valence-corrected chi connectivity index (χ1v) is 18.2. The summed E-state index contributed by atoms with van der Waals surface area (Å²) in [5, 5.41) is 0. The van der Waals surface area contributed by atoms with Crippen LogP contribution >= 0.6 is 0 Å². The molecule has 0 aromatic carbocycles. The smallest absolute Gasteiger partial charge is 0.123 e. The molecule has 0 amide bonds. The van der Waals surface area contributed by atoms with Crippen molar-refractivity contribution in [2.75, 3.05) is 0 Å². The fourth-order valence-electron chi connectivity index (χ4n) is 6.05. The summed E-state index contributed by atoms with van der Waals surface area (Å²) in [4.78, 5) is 23.1. The Morgan fingerprint density at radius 1 is 0.308 bits per heavy atom. The summed E-state index contributed by atoms with van der Waals surface area (Å²) in [5.74, 6) is 0.419. The summed E-state index contributed by atoms with van der Waals surface area (Å²) < 4.78 is 0. The molecule has 0 aliphatic carbocycles. The van der Waals surface area contributed by atoms with E-state index < -0.39 is 0 Å². The van der Waals surface area contributed by atoms with Crippen molar-refractivity contribution < 1.29 is 9.59 Å². The minimum absolute atomic E-state index is 0.210. The predicted octanol–water partition coefficient (Wildman–Crippen LogP) is 12.7. The Balaban J connectivity index is 3.51. The highest BCUT2D eigenvalue weighted by Crippen LogP contribution is 2.21. The monoisotopic (exact) mass is 549 g/mol. The van der Waals surface area contributed by atoms with Crippen molar-refractivity contribution in [3.63, 3.8) is 0 Å². The van der Waals surface area contributed by atoms with Crippen LogP contribution in [0.1, 0.15) is 213 Å². The van der Waals surface area contributed by atoms with Gasteiger partial charge < -0.3 is 9.59 Å². The van der Waals surface area contributed by atoms with Crippen LogP contribution in [0.5, 0.6) is 0 Å². The van der Waals surface area contributed by atoms with Crippen molar-refractivity contribution in [3.05, 3.63) is 0 Å². The summed E-state index contributed by atoms with van der Waals surface area (Å²) in [6.07, 6.45) is 43.1. The number of carbonyl (C=O) groups is 2. The number of rotatable bonds is 34. The lowest BCUT2D eigenvalue weighted by molar-refractivity contribution is -0.111. The first kappa shape index (κ1) is 38.3. The molecule has 2 nitrogen and oxygen atoms in total. The fourth-order valence-corrected chi connectivity index (χ4v) is 6.05. The second kappa shape index (κ2) is 33.5. The van der Waals surface area contributed by atoms with E-state index in [-0.39, 0.29) is 11.8 Å². The van der Waals surface area contributed by atoms with Crippen LogP contribution in [0.15, 0.2) is 0 Å². The molecular weight excluding hydrogens is 476 g/mol. The molecule has 0 spiro atoms. The Labute approximate surface area is 246 Å². The maximum atomic E-state index is 11.5. The van der Waals surface area contributed by atoms with Crippen LogP contribution in [-0.2, 0) is 9.59 Å². The largest absolute Gasteiger partial charge is 0.303 e. The topological polar surface area (TPSA) is 34.1 Å². The van der Waals surface area contributed by atoms with Gasteiger partial charge in [0.15, 0.2) is 0 Å². The molecule has 0 saturated carbocycles. The molecule has 0 heterocycles. The lowest BCUT2D eigenvalue weighted by Crippen LogP contribution is -2.06. The molecule has 0 rings (SSSR count). The first-order valence-electron chi connectivity index (χ1n) is 18.2. The lowest BCUT2D eigenvalue weighted by Gasteiger charge is -2.13. The van der Waals surface area contributed by atoms with Gasteiger partial charge in [-0.25, -0.2) is 0 Å². The van der Waals surface area contributed by atoms with E-state index in [0.717, 1.165) is 32.1 Å². The molecule has 2 heteroatoms. The molecule has 232 valence electrons. The minimum Gasteiger partial charge on any atom is -0.303 e. The van der Waals surface area contributed by atoms with Gasteiger partial charge in [-0.05, 0) is 25.7 Å². The number of hydrogen-bond donors (Lipinski definition) is 0. The van der Waals surface area contributed by atoms with E-state index in [9.17, 15) is 9.59 Å². The maximum absolute atomic E-state index is 11.5. The Morgan fingerprint density at radius 3 is 0.744 bits per heavy atom. The van der Waals surface area contributed by atoms with Gasteiger partial charge in [0.05, 0.1) is 0 Å². The van der Waals surface area contributed by atoms with Crippen molar-refractivity contribution in [3.8, 4) is 0 Å². The van der Waals surface area contributed by atoms with Gasteiger partial charge in [0.25, 0.3) is 0 Å². The van der Waals surface area contributed by atoms with Crippen LogP contribution in [0.3, 0.4) is 0 Å². The van der Waals surface area contributed by atoms with E-state index >= 15 is 0 Å². The van der Waals surface area contributed by atoms with E-state index in [1.807, 2.05) is 0 Å². The molecule has 0 aliphatic heterocycles. The van der Waals surface area contributed by atoms with E-state index in [4.69, 9.17) is 0 Å². The molecule has 0 aliphatic rings. The molecule has 0 fully saturated rings. The summed E-state index contributed by atoms with van der Waals surface area (Å²) in [5.41, 5.74) is 0. The molecule has 0 aromatic heterocycles. The van der Waals surface area contributed by atoms with Crippen molar-refractivity contribution in [2.45, 2.75) is 213 Å². The number of carbonyl (C=O) groups excluding carboxylic acids is 2. The number of unbranched alkanes of at least 4 members (excludes halogenated alkanes) is 24. The highest BCUT2D eigenvalue weighted by molar-refractivity contribution is 5.54. The average Bonchev–Trinajstić information content (AvgIpc) is 2.95. The van der Waals surface area contributed by atoms with Gasteiger partial charge in [-0.15, -0.1) is 0 Å². The first-order chi connectivity index (χ1) is 19.3. The average molecular weight is 549 g/mol. The highest BCUT2D eigenvalue weighted by atomic mass is 16.1. The molecule has 0 bridgehead atoms. The molecule has 0 aromatic rings. The standard InChI is InChI=1S/C37H72O2/c1-3-5-7-9-11-13-15-17-19-21-23-25-27-30-36(34-38)32-29-33-37(35-39)31-28-26-24-22-20-18-16-14-12-10-8-6-4-2/h34-37H,3-33H2,1-2H3. The van der Waals surface area contributed by atoms with Crippen LogP contribution in [0.4, 0.5) is 0 Å². The van der Waals surface area contributed by atoms with Crippen molar-refractivity contribution in [1.82, 2.24) is 0 Å². The third-order valence-corrected chi connectivity index (χ3v) is 8.89. The zero-order valence-corrected chi connectivity index (χ0v) is 27.0. The van der Waals surface area contributed by atoms with Crippen LogP contribution in [0.25, 0.3) is 0 Å². The Kier molecular flexibility index (Phi) is 33.0. The van der Waals surface area contributed by atoms with E-state index in [1.165, 1.54) is 180 Å². The van der Waals surface area contributed by atoms with Crippen LogP contribution in [0.2, 0.25) is 0 Å². The van der Waals surface area contributed by atoms with Gasteiger partial charge in [-0.2, -0.15) is 0 Å². The number of hydrogen-bond acceptors (Lipinski definition) is 2. The quantitative estimate of drug-likeness (QED) is 0.0592. The van der Waals surface area contributed by atoms with E-state index in [2.05, 4.69) is 13.8 Å². The molecule has 0 radical (unpaired) electrons. The molecule has 39 heavy (non-hydrogen) atoms. The second-order valence-electron chi connectivity index (χ2n) is 12.8. The Morgan fingerprint density at radius 2 is 0.513 bits per heavy atom. The normalized spacial score (nSPS) is 13.0. The van der Waals surface area contributed by atoms with Crippen molar-refractivity contribution in [1.29, 1.82) is 0 Å². The van der Waals surface area contributed by atoms with Gasteiger partial charge in [0.1, 0.15) is 12.6 Å². The van der Waals surface area contributed by atoms with Gasteiger partial charge in [0, 0.05) is 11.8 Å². The van der Waals surface area contributed by atoms with Gasteiger partial charge in [0.2, 0.25) is 0 Å². The minimum atomic E-state index is 0.210. The summed E-state index contributed by atoms with van der Waals surface area (Å²) in [6.45, 7) is 4.57. The summed E-state index contributed by atoms with van der Waals surface area (Å²) in [7, 11) is 0. The van der Waals surface area contributed by atoms with Gasteiger partial charge in [-0.1, -0.05) is 187 Å². The van der Waals surface area contributed by atoms with Crippen molar-refractivity contribution >= 4 is 12.6 Å². The third kappa shape index (κ3) is 30.1.